The number of aromatic nitrogens is 1. The first kappa shape index (κ1) is 20.8. The molecule has 2 heterocycles. The predicted molar refractivity (Wildman–Crippen MR) is 96.5 cm³/mol. The van der Waals surface area contributed by atoms with Gasteiger partial charge in [-0.3, -0.25) is 4.90 Å². The van der Waals surface area contributed by atoms with E-state index < -0.39 is 17.8 Å². The summed E-state index contributed by atoms with van der Waals surface area (Å²) in [6, 6.07) is 6.34. The maximum atomic E-state index is 12.6. The summed E-state index contributed by atoms with van der Waals surface area (Å²) in [5.74, 6) is 0.446. The molecule has 1 saturated heterocycles. The van der Waals surface area contributed by atoms with Gasteiger partial charge in [0.05, 0.1) is 18.3 Å². The highest BCUT2D eigenvalue weighted by molar-refractivity contribution is 5.59. The van der Waals surface area contributed by atoms with Gasteiger partial charge in [0, 0.05) is 44.4 Å². The van der Waals surface area contributed by atoms with E-state index in [0.29, 0.717) is 23.6 Å². The summed E-state index contributed by atoms with van der Waals surface area (Å²) in [6.07, 6.45) is -4.97. The van der Waals surface area contributed by atoms with E-state index in [1.165, 1.54) is 12.1 Å². The van der Waals surface area contributed by atoms with Crippen LogP contribution in [0.1, 0.15) is 11.3 Å². The van der Waals surface area contributed by atoms with Crippen LogP contribution in [-0.2, 0) is 17.5 Å². The number of β-amino-alcohol motifs (C(OH)–C–C–N with tert-alkyl or cyclic N) is 1. The zero-order valence-corrected chi connectivity index (χ0v) is 15.7. The zero-order valence-electron chi connectivity index (χ0n) is 15.7. The molecule has 154 valence electrons. The van der Waals surface area contributed by atoms with Crippen molar-refractivity contribution in [2.24, 2.45) is 0 Å². The first-order valence-corrected chi connectivity index (χ1v) is 9.11. The number of piperazine rings is 1. The van der Waals surface area contributed by atoms with Crippen LogP contribution in [0.3, 0.4) is 0 Å². The van der Waals surface area contributed by atoms with Crippen molar-refractivity contribution in [1.82, 2.24) is 15.0 Å². The van der Waals surface area contributed by atoms with Crippen LogP contribution in [0.5, 0.6) is 0 Å². The van der Waals surface area contributed by atoms with Gasteiger partial charge in [0.1, 0.15) is 12.3 Å². The van der Waals surface area contributed by atoms with Crippen LogP contribution in [-0.4, -0.2) is 72.5 Å². The topological polar surface area (TPSA) is 62.0 Å². The summed E-state index contributed by atoms with van der Waals surface area (Å²) in [7, 11) is 2.08. The lowest BCUT2D eigenvalue weighted by molar-refractivity contribution is -0.137. The lowest BCUT2D eigenvalue weighted by Gasteiger charge is -2.33. The second-order valence-corrected chi connectivity index (χ2v) is 7.03. The third-order valence-electron chi connectivity index (χ3n) is 4.69. The Morgan fingerprint density at radius 2 is 1.86 bits per heavy atom. The largest absolute Gasteiger partial charge is 0.416 e. The van der Waals surface area contributed by atoms with Crippen LogP contribution in [0.25, 0.3) is 11.3 Å². The van der Waals surface area contributed by atoms with Crippen LogP contribution >= 0.6 is 0 Å². The number of halogens is 3. The molecule has 1 atom stereocenters. The summed E-state index contributed by atoms with van der Waals surface area (Å²) in [4.78, 5) is 4.45. The first-order valence-electron chi connectivity index (χ1n) is 9.11. The van der Waals surface area contributed by atoms with Crippen molar-refractivity contribution in [3.05, 3.63) is 41.7 Å². The van der Waals surface area contributed by atoms with Gasteiger partial charge in [-0.05, 0) is 19.2 Å². The lowest BCUT2D eigenvalue weighted by atomic mass is 10.1. The van der Waals surface area contributed by atoms with Gasteiger partial charge in [-0.1, -0.05) is 17.3 Å². The van der Waals surface area contributed by atoms with Gasteiger partial charge in [0.25, 0.3) is 0 Å². The molecular weight excluding hydrogens is 375 g/mol. The van der Waals surface area contributed by atoms with Gasteiger partial charge in [-0.25, -0.2) is 0 Å². The number of hydrogen-bond donors (Lipinski definition) is 1. The molecule has 0 spiro atoms. The number of alkyl halides is 3. The number of ether oxygens (including phenoxy) is 1. The fourth-order valence-electron chi connectivity index (χ4n) is 3.02. The van der Waals surface area contributed by atoms with Crippen molar-refractivity contribution in [1.29, 1.82) is 0 Å². The smallest absolute Gasteiger partial charge is 0.389 e. The van der Waals surface area contributed by atoms with Crippen LogP contribution < -0.4 is 0 Å². The number of benzene rings is 1. The van der Waals surface area contributed by atoms with Crippen molar-refractivity contribution >= 4 is 0 Å². The molecule has 0 bridgehead atoms. The van der Waals surface area contributed by atoms with Gasteiger partial charge < -0.3 is 19.3 Å². The molecule has 1 fully saturated rings. The molecule has 9 heteroatoms. The zero-order chi connectivity index (χ0) is 20.1. The van der Waals surface area contributed by atoms with E-state index in [0.717, 1.165) is 38.3 Å². The second-order valence-electron chi connectivity index (χ2n) is 7.03. The number of aliphatic hydroxyl groups is 1. The minimum Gasteiger partial charge on any atom is -0.389 e. The van der Waals surface area contributed by atoms with Gasteiger partial charge in [0.15, 0.2) is 5.76 Å². The first-order chi connectivity index (χ1) is 13.3. The Hall–Kier alpha value is -1.94. The van der Waals surface area contributed by atoms with E-state index in [2.05, 4.69) is 22.0 Å². The average Bonchev–Trinajstić information content (AvgIpc) is 3.12. The summed E-state index contributed by atoms with van der Waals surface area (Å²) < 4.78 is 48.5. The maximum absolute atomic E-state index is 12.6. The maximum Gasteiger partial charge on any atom is 0.416 e. The van der Waals surface area contributed by atoms with E-state index in [9.17, 15) is 18.3 Å². The molecule has 1 aliphatic rings. The van der Waals surface area contributed by atoms with Gasteiger partial charge in [-0.2, -0.15) is 13.2 Å². The quantitative estimate of drug-likeness (QED) is 0.772. The monoisotopic (exact) mass is 399 g/mol. The van der Waals surface area contributed by atoms with Gasteiger partial charge in [0.2, 0.25) is 0 Å². The molecular formula is C19H24F3N3O3. The molecule has 28 heavy (non-hydrogen) atoms. The third kappa shape index (κ3) is 5.78. The molecule has 0 saturated carbocycles. The van der Waals surface area contributed by atoms with Crippen molar-refractivity contribution in [2.45, 2.75) is 18.9 Å². The minimum absolute atomic E-state index is 0.132. The molecule has 2 aromatic rings. The second kappa shape index (κ2) is 9.04. The van der Waals surface area contributed by atoms with Crippen LogP contribution in [0.15, 0.2) is 34.9 Å². The van der Waals surface area contributed by atoms with Crippen molar-refractivity contribution in [3.63, 3.8) is 0 Å². The summed E-state index contributed by atoms with van der Waals surface area (Å²) in [6.45, 7) is 4.67. The number of hydrogen-bond acceptors (Lipinski definition) is 6. The molecule has 1 aliphatic heterocycles. The third-order valence-corrected chi connectivity index (χ3v) is 4.69. The molecule has 6 nitrogen and oxygen atoms in total. The lowest BCUT2D eigenvalue weighted by Crippen LogP contribution is -2.47. The Labute approximate surface area is 161 Å². The molecule has 0 aliphatic carbocycles. The fourth-order valence-corrected chi connectivity index (χ4v) is 3.02. The summed E-state index contributed by atoms with van der Waals surface area (Å²) in [5, 5.41) is 14.0. The van der Waals surface area contributed by atoms with Crippen LogP contribution in [0.2, 0.25) is 0 Å². The molecule has 1 unspecified atom stereocenters. The van der Waals surface area contributed by atoms with E-state index in [1.807, 2.05) is 0 Å². The van der Waals surface area contributed by atoms with Gasteiger partial charge >= 0.3 is 6.18 Å². The Balaban J connectivity index is 1.44. The number of rotatable bonds is 7. The van der Waals surface area contributed by atoms with Crippen molar-refractivity contribution in [3.8, 4) is 11.3 Å². The normalized spacial score (nSPS) is 17.8. The Kier molecular flexibility index (Phi) is 6.71. The van der Waals surface area contributed by atoms with Gasteiger partial charge in [-0.15, -0.1) is 0 Å². The van der Waals surface area contributed by atoms with Crippen molar-refractivity contribution in [2.75, 3.05) is 46.4 Å². The molecule has 1 aromatic carbocycles. The summed E-state index contributed by atoms with van der Waals surface area (Å²) in [5.41, 5.74) is 0.251. The Morgan fingerprint density at radius 3 is 2.50 bits per heavy atom. The SMILES string of the molecule is CN1CCN(CC(O)COCc2cc(-c3ccc(C(F)(F)F)cc3)no2)CC1. The standard InChI is InChI=1S/C19H24F3N3O3/c1-24-6-8-25(9-7-24)11-16(26)12-27-13-17-10-18(23-28-17)14-2-4-15(5-3-14)19(20,21)22/h2-5,10,16,26H,6-9,11-13H2,1H3. The van der Waals surface area contributed by atoms with E-state index in [1.54, 1.807) is 6.07 Å². The Bertz CT molecular complexity index is 741. The highest BCUT2D eigenvalue weighted by Crippen LogP contribution is 2.30. The molecule has 1 N–H and O–H groups in total. The highest BCUT2D eigenvalue weighted by Gasteiger charge is 2.30. The number of aliphatic hydroxyl groups excluding tert-OH is 1. The van der Waals surface area contributed by atoms with E-state index in [-0.39, 0.29) is 13.2 Å². The number of likely N-dealkylation sites (N-methyl/N-ethyl adjacent to an activating group) is 1. The molecule has 1 aromatic heterocycles. The van der Waals surface area contributed by atoms with E-state index in [4.69, 9.17) is 9.26 Å². The predicted octanol–water partition coefficient (Wildman–Crippen LogP) is 2.49. The molecule has 0 radical (unpaired) electrons. The average molecular weight is 399 g/mol. The van der Waals surface area contributed by atoms with Crippen LogP contribution in [0.4, 0.5) is 13.2 Å². The summed E-state index contributed by atoms with van der Waals surface area (Å²) >= 11 is 0. The highest BCUT2D eigenvalue weighted by atomic mass is 19.4. The Morgan fingerprint density at radius 1 is 1.18 bits per heavy atom. The fraction of sp³-hybridized carbons (Fsp3) is 0.526. The van der Waals surface area contributed by atoms with Crippen molar-refractivity contribution < 1.29 is 27.5 Å². The van der Waals surface area contributed by atoms with E-state index >= 15 is 0 Å². The minimum atomic E-state index is -4.37. The molecule has 3 rings (SSSR count). The molecule has 0 amide bonds. The van der Waals surface area contributed by atoms with Crippen LogP contribution in [0, 0.1) is 0 Å². The number of nitrogens with zero attached hydrogens (tertiary/aromatic N) is 3.